The van der Waals surface area contributed by atoms with Crippen LogP contribution in [0.5, 0.6) is 0 Å². The topological polar surface area (TPSA) is 71.4 Å². The lowest BCUT2D eigenvalue weighted by Gasteiger charge is -2.18. The molecule has 0 radical (unpaired) electrons. The molecule has 20 heavy (non-hydrogen) atoms. The third-order valence-corrected chi connectivity index (χ3v) is 4.84. The van der Waals surface area contributed by atoms with Crippen molar-refractivity contribution in [3.8, 4) is 0 Å². The van der Waals surface area contributed by atoms with Gasteiger partial charge in [0.15, 0.2) is 9.84 Å². The Hall–Kier alpha value is -1.43. The molecular weight excluding hydrogens is 283 g/mol. The largest absolute Gasteiger partial charge is 0.478 e. The lowest BCUT2D eigenvalue weighted by Crippen LogP contribution is -2.16. The van der Waals surface area contributed by atoms with E-state index in [0.717, 1.165) is 12.1 Å². The Labute approximate surface area is 118 Å². The van der Waals surface area contributed by atoms with Crippen molar-refractivity contribution in [3.05, 3.63) is 29.1 Å². The number of carbonyl (C=O) groups is 1. The fourth-order valence-electron chi connectivity index (χ4n) is 1.65. The van der Waals surface area contributed by atoms with Gasteiger partial charge in [0.25, 0.3) is 0 Å². The molecule has 0 bridgehead atoms. The van der Waals surface area contributed by atoms with Gasteiger partial charge in [-0.15, -0.1) is 0 Å². The van der Waals surface area contributed by atoms with Crippen LogP contribution in [-0.4, -0.2) is 25.2 Å². The van der Waals surface area contributed by atoms with E-state index in [2.05, 4.69) is 0 Å². The van der Waals surface area contributed by atoms with E-state index in [1.54, 1.807) is 0 Å². The standard InChI is InChI=1S/C14H19FO4S/c1-9-11(15)7-10(13(16)17)8-12(9)20(18,19)6-5-14(2,3)4/h7-8H,5-6H2,1-4H3,(H,16,17). The Morgan fingerprint density at radius 2 is 1.85 bits per heavy atom. The number of carboxylic acid groups (broad SMARTS) is 1. The Morgan fingerprint density at radius 3 is 2.30 bits per heavy atom. The molecule has 0 atom stereocenters. The maximum atomic E-state index is 13.7. The summed E-state index contributed by atoms with van der Waals surface area (Å²) in [6.07, 6.45) is 0.410. The molecule has 0 aromatic heterocycles. The second-order valence-electron chi connectivity index (χ2n) is 6.02. The van der Waals surface area contributed by atoms with Gasteiger partial charge in [-0.3, -0.25) is 0 Å². The average molecular weight is 302 g/mol. The summed E-state index contributed by atoms with van der Waals surface area (Å²) in [5, 5.41) is 8.89. The molecule has 0 fully saturated rings. The van der Waals surface area contributed by atoms with Gasteiger partial charge in [0.1, 0.15) is 5.82 Å². The fraction of sp³-hybridized carbons (Fsp3) is 0.500. The minimum absolute atomic E-state index is 0.0380. The molecule has 0 unspecified atom stereocenters. The molecular formula is C14H19FO4S. The van der Waals surface area contributed by atoms with Gasteiger partial charge in [-0.2, -0.15) is 0 Å². The molecule has 0 aliphatic heterocycles. The lowest BCUT2D eigenvalue weighted by atomic mass is 9.94. The Bertz CT molecular complexity index is 627. The number of hydrogen-bond acceptors (Lipinski definition) is 3. The van der Waals surface area contributed by atoms with Gasteiger partial charge in [0.2, 0.25) is 0 Å². The van der Waals surface area contributed by atoms with Gasteiger partial charge in [-0.25, -0.2) is 17.6 Å². The van der Waals surface area contributed by atoms with E-state index in [9.17, 15) is 17.6 Å². The van der Waals surface area contributed by atoms with E-state index in [4.69, 9.17) is 5.11 Å². The maximum absolute atomic E-state index is 13.7. The number of benzene rings is 1. The van der Waals surface area contributed by atoms with Crippen molar-refractivity contribution in [2.75, 3.05) is 5.75 Å². The van der Waals surface area contributed by atoms with Crippen LogP contribution in [0.15, 0.2) is 17.0 Å². The molecule has 1 aromatic rings. The molecule has 1 rings (SSSR count). The predicted octanol–water partition coefficient (Wildman–Crippen LogP) is 3.04. The number of hydrogen-bond donors (Lipinski definition) is 1. The summed E-state index contributed by atoms with van der Waals surface area (Å²) >= 11 is 0. The zero-order chi connectivity index (χ0) is 15.7. The highest BCUT2D eigenvalue weighted by Gasteiger charge is 2.24. The molecule has 0 saturated heterocycles. The summed E-state index contributed by atoms with van der Waals surface area (Å²) in [5.74, 6) is -2.31. The van der Waals surface area contributed by atoms with Crippen molar-refractivity contribution in [1.82, 2.24) is 0 Å². The van der Waals surface area contributed by atoms with Gasteiger partial charge in [-0.05, 0) is 30.9 Å². The summed E-state index contributed by atoms with van der Waals surface area (Å²) in [6.45, 7) is 7.06. The minimum atomic E-state index is -3.71. The average Bonchev–Trinajstić information content (AvgIpc) is 2.28. The van der Waals surface area contributed by atoms with Crippen LogP contribution in [0.25, 0.3) is 0 Å². The molecule has 0 amide bonds. The molecule has 0 heterocycles. The SMILES string of the molecule is Cc1c(F)cc(C(=O)O)cc1S(=O)(=O)CCC(C)(C)C. The van der Waals surface area contributed by atoms with Gasteiger partial charge in [0.05, 0.1) is 16.2 Å². The van der Waals surface area contributed by atoms with Gasteiger partial charge in [-0.1, -0.05) is 20.8 Å². The van der Waals surface area contributed by atoms with E-state index in [-0.39, 0.29) is 27.2 Å². The molecule has 0 aliphatic carbocycles. The molecule has 112 valence electrons. The normalized spacial score (nSPS) is 12.4. The van der Waals surface area contributed by atoms with Crippen LogP contribution < -0.4 is 0 Å². The van der Waals surface area contributed by atoms with E-state index in [1.807, 2.05) is 20.8 Å². The summed E-state index contributed by atoms with van der Waals surface area (Å²) in [5.41, 5.74) is -0.574. The highest BCUT2D eigenvalue weighted by atomic mass is 32.2. The molecule has 4 nitrogen and oxygen atoms in total. The van der Waals surface area contributed by atoms with Crippen molar-refractivity contribution in [1.29, 1.82) is 0 Å². The third-order valence-electron chi connectivity index (χ3n) is 3.00. The highest BCUT2D eigenvalue weighted by molar-refractivity contribution is 7.91. The monoisotopic (exact) mass is 302 g/mol. The number of halogens is 1. The summed E-state index contributed by atoms with van der Waals surface area (Å²) in [7, 11) is -3.71. The lowest BCUT2D eigenvalue weighted by molar-refractivity contribution is 0.0696. The van der Waals surface area contributed by atoms with Crippen LogP contribution in [-0.2, 0) is 9.84 Å². The van der Waals surface area contributed by atoms with E-state index in [1.165, 1.54) is 6.92 Å². The highest BCUT2D eigenvalue weighted by Crippen LogP contribution is 2.26. The van der Waals surface area contributed by atoms with Crippen molar-refractivity contribution < 1.29 is 22.7 Å². The van der Waals surface area contributed by atoms with Crippen LogP contribution in [0, 0.1) is 18.2 Å². The number of sulfone groups is 1. The first-order valence-corrected chi connectivity index (χ1v) is 7.85. The number of aromatic carboxylic acids is 1. The van der Waals surface area contributed by atoms with Crippen molar-refractivity contribution in [2.24, 2.45) is 5.41 Å². The zero-order valence-electron chi connectivity index (χ0n) is 12.0. The maximum Gasteiger partial charge on any atom is 0.335 e. The van der Waals surface area contributed by atoms with E-state index in [0.29, 0.717) is 6.42 Å². The van der Waals surface area contributed by atoms with Gasteiger partial charge >= 0.3 is 5.97 Å². The smallest absolute Gasteiger partial charge is 0.335 e. The van der Waals surface area contributed by atoms with Crippen molar-refractivity contribution in [2.45, 2.75) is 39.0 Å². The molecule has 6 heteroatoms. The molecule has 1 N–H and O–H groups in total. The van der Waals surface area contributed by atoms with Crippen LogP contribution >= 0.6 is 0 Å². The van der Waals surface area contributed by atoms with Crippen molar-refractivity contribution in [3.63, 3.8) is 0 Å². The zero-order valence-corrected chi connectivity index (χ0v) is 12.8. The fourth-order valence-corrected chi connectivity index (χ4v) is 3.62. The van der Waals surface area contributed by atoms with Gasteiger partial charge < -0.3 is 5.11 Å². The third kappa shape index (κ3) is 4.03. The molecule has 0 saturated carbocycles. The van der Waals surface area contributed by atoms with E-state index >= 15 is 0 Å². The Kier molecular flexibility index (Phi) is 4.59. The second-order valence-corrected chi connectivity index (χ2v) is 8.09. The van der Waals surface area contributed by atoms with Crippen molar-refractivity contribution >= 4 is 15.8 Å². The number of rotatable bonds is 4. The van der Waals surface area contributed by atoms with E-state index < -0.39 is 21.6 Å². The molecule has 0 spiro atoms. The summed E-state index contributed by atoms with van der Waals surface area (Å²) in [6, 6.07) is 1.86. The molecule has 0 aliphatic rings. The predicted molar refractivity (Wildman–Crippen MR) is 74.2 cm³/mol. The Morgan fingerprint density at radius 1 is 1.30 bits per heavy atom. The van der Waals surface area contributed by atoms with Crippen LogP contribution in [0.4, 0.5) is 4.39 Å². The second kappa shape index (κ2) is 5.52. The first-order chi connectivity index (χ1) is 8.94. The van der Waals surface area contributed by atoms with Crippen LogP contribution in [0.1, 0.15) is 43.1 Å². The Balaban J connectivity index is 3.27. The van der Waals surface area contributed by atoms with Crippen LogP contribution in [0.3, 0.4) is 0 Å². The van der Waals surface area contributed by atoms with Crippen LogP contribution in [0.2, 0.25) is 0 Å². The summed E-state index contributed by atoms with van der Waals surface area (Å²) < 4.78 is 38.2. The van der Waals surface area contributed by atoms with Gasteiger partial charge in [0, 0.05) is 5.56 Å². The first-order valence-electron chi connectivity index (χ1n) is 6.20. The quantitative estimate of drug-likeness (QED) is 0.928. The minimum Gasteiger partial charge on any atom is -0.478 e. The summed E-state index contributed by atoms with van der Waals surface area (Å²) in [4.78, 5) is 10.7. The molecule has 1 aromatic carbocycles. The number of carboxylic acids is 1. The first kappa shape index (κ1) is 16.6.